The molecule has 0 bridgehead atoms. The van der Waals surface area contributed by atoms with Crippen LogP contribution in [0.1, 0.15) is 15.9 Å². The number of ketones is 1. The number of Topliss-reactive ketones (excluding diaryl/α,β-unsaturated/α-hetero) is 1. The molecule has 0 aliphatic carbocycles. The van der Waals surface area contributed by atoms with Crippen molar-refractivity contribution in [2.45, 2.75) is 0 Å². The SMILES string of the molecule is N#Cc1ccc(-c2ccc(OCC(=O)c3cccc(F)c3)cc2)cc1. The predicted octanol–water partition coefficient (Wildman–Crippen LogP) is 4.63. The van der Waals surface area contributed by atoms with Crippen molar-refractivity contribution in [2.24, 2.45) is 0 Å². The van der Waals surface area contributed by atoms with Gasteiger partial charge in [0.05, 0.1) is 11.6 Å². The van der Waals surface area contributed by atoms with Gasteiger partial charge in [0.2, 0.25) is 0 Å². The van der Waals surface area contributed by atoms with E-state index in [1.54, 1.807) is 30.3 Å². The summed E-state index contributed by atoms with van der Waals surface area (Å²) in [4.78, 5) is 12.0. The Balaban J connectivity index is 1.64. The van der Waals surface area contributed by atoms with Crippen molar-refractivity contribution in [1.82, 2.24) is 0 Å². The second kappa shape index (κ2) is 7.41. The summed E-state index contributed by atoms with van der Waals surface area (Å²) < 4.78 is 18.6. The maximum Gasteiger partial charge on any atom is 0.200 e. The van der Waals surface area contributed by atoms with Crippen molar-refractivity contribution < 1.29 is 13.9 Å². The van der Waals surface area contributed by atoms with E-state index in [9.17, 15) is 9.18 Å². The van der Waals surface area contributed by atoms with E-state index in [2.05, 4.69) is 6.07 Å². The van der Waals surface area contributed by atoms with Crippen LogP contribution in [0, 0.1) is 17.1 Å². The first-order valence-electron chi connectivity index (χ1n) is 7.68. The molecule has 3 nitrogen and oxygen atoms in total. The van der Waals surface area contributed by atoms with Crippen LogP contribution in [0.15, 0.2) is 72.8 Å². The fourth-order valence-corrected chi connectivity index (χ4v) is 2.37. The Morgan fingerprint density at radius 2 is 1.60 bits per heavy atom. The maximum absolute atomic E-state index is 13.1. The molecule has 0 fully saturated rings. The van der Waals surface area contributed by atoms with Crippen molar-refractivity contribution in [3.63, 3.8) is 0 Å². The number of carbonyl (C=O) groups excluding carboxylic acids is 1. The summed E-state index contributed by atoms with van der Waals surface area (Å²) in [6.07, 6.45) is 0. The van der Waals surface area contributed by atoms with Crippen LogP contribution in [-0.4, -0.2) is 12.4 Å². The van der Waals surface area contributed by atoms with E-state index in [1.165, 1.54) is 18.2 Å². The van der Waals surface area contributed by atoms with E-state index in [0.29, 0.717) is 11.3 Å². The fraction of sp³-hybridized carbons (Fsp3) is 0.0476. The molecule has 25 heavy (non-hydrogen) atoms. The Labute approximate surface area is 144 Å². The highest BCUT2D eigenvalue weighted by atomic mass is 19.1. The summed E-state index contributed by atoms with van der Waals surface area (Å²) >= 11 is 0. The molecule has 0 aliphatic heterocycles. The molecule has 3 rings (SSSR count). The molecule has 0 saturated heterocycles. The summed E-state index contributed by atoms with van der Waals surface area (Å²) in [6, 6.07) is 22.2. The molecule has 4 heteroatoms. The van der Waals surface area contributed by atoms with Crippen LogP contribution >= 0.6 is 0 Å². The zero-order chi connectivity index (χ0) is 17.6. The molecular formula is C21H14FNO2. The van der Waals surface area contributed by atoms with Crippen LogP contribution in [0.3, 0.4) is 0 Å². The number of nitriles is 1. The predicted molar refractivity (Wildman–Crippen MR) is 92.8 cm³/mol. The standard InChI is InChI=1S/C21H14FNO2/c22-19-3-1-2-18(12-19)21(24)14-25-20-10-8-17(9-11-20)16-6-4-15(13-23)5-7-16/h1-12H,14H2. The summed E-state index contributed by atoms with van der Waals surface area (Å²) in [7, 11) is 0. The van der Waals surface area contributed by atoms with Gasteiger partial charge in [-0.1, -0.05) is 36.4 Å². The van der Waals surface area contributed by atoms with Crippen LogP contribution in [0.2, 0.25) is 0 Å². The van der Waals surface area contributed by atoms with Gasteiger partial charge in [-0.05, 0) is 47.5 Å². The van der Waals surface area contributed by atoms with E-state index in [0.717, 1.165) is 11.1 Å². The number of benzene rings is 3. The zero-order valence-corrected chi connectivity index (χ0v) is 13.3. The quantitative estimate of drug-likeness (QED) is 0.641. The molecule has 122 valence electrons. The van der Waals surface area contributed by atoms with Gasteiger partial charge in [0.1, 0.15) is 11.6 Å². The lowest BCUT2D eigenvalue weighted by Crippen LogP contribution is -2.11. The lowest BCUT2D eigenvalue weighted by atomic mass is 10.0. The largest absolute Gasteiger partial charge is 0.485 e. The average molecular weight is 331 g/mol. The van der Waals surface area contributed by atoms with E-state index in [1.807, 2.05) is 24.3 Å². The molecule has 0 heterocycles. The molecule has 3 aromatic rings. The summed E-state index contributed by atoms with van der Waals surface area (Å²) in [6.45, 7) is -0.153. The first-order chi connectivity index (χ1) is 12.2. The fourth-order valence-electron chi connectivity index (χ4n) is 2.37. The highest BCUT2D eigenvalue weighted by Crippen LogP contribution is 2.23. The molecular weight excluding hydrogens is 317 g/mol. The minimum absolute atomic E-state index is 0.153. The van der Waals surface area contributed by atoms with E-state index in [4.69, 9.17) is 10.00 Å². The van der Waals surface area contributed by atoms with Crippen LogP contribution in [-0.2, 0) is 0 Å². The Hall–Kier alpha value is -3.45. The molecule has 3 aromatic carbocycles. The van der Waals surface area contributed by atoms with Gasteiger partial charge in [0.15, 0.2) is 12.4 Å². The second-order valence-corrected chi connectivity index (χ2v) is 5.44. The Bertz CT molecular complexity index is 925. The van der Waals surface area contributed by atoms with Gasteiger partial charge in [0.25, 0.3) is 0 Å². The smallest absolute Gasteiger partial charge is 0.200 e. The molecule has 0 aliphatic rings. The third-order valence-corrected chi connectivity index (χ3v) is 3.72. The molecule has 0 aromatic heterocycles. The van der Waals surface area contributed by atoms with E-state index >= 15 is 0 Å². The molecule has 0 amide bonds. The summed E-state index contributed by atoms with van der Waals surface area (Å²) in [5, 5.41) is 8.82. The third-order valence-electron chi connectivity index (χ3n) is 3.72. The maximum atomic E-state index is 13.1. The number of halogens is 1. The van der Waals surface area contributed by atoms with Gasteiger partial charge in [-0.2, -0.15) is 5.26 Å². The highest BCUT2D eigenvalue weighted by Gasteiger charge is 2.08. The van der Waals surface area contributed by atoms with Crippen molar-refractivity contribution in [3.8, 4) is 22.9 Å². The van der Waals surface area contributed by atoms with Gasteiger partial charge in [-0.3, -0.25) is 4.79 Å². The number of hydrogen-bond acceptors (Lipinski definition) is 3. The molecule has 0 atom stereocenters. The third kappa shape index (κ3) is 4.10. The number of nitrogens with zero attached hydrogens (tertiary/aromatic N) is 1. The van der Waals surface area contributed by atoms with E-state index in [-0.39, 0.29) is 18.0 Å². The summed E-state index contributed by atoms with van der Waals surface area (Å²) in [5.74, 6) is -0.171. The first-order valence-corrected chi connectivity index (χ1v) is 7.68. The number of carbonyl (C=O) groups is 1. The number of hydrogen-bond donors (Lipinski definition) is 0. The topological polar surface area (TPSA) is 50.1 Å². The highest BCUT2D eigenvalue weighted by molar-refractivity contribution is 5.97. The Kier molecular flexibility index (Phi) is 4.87. The van der Waals surface area contributed by atoms with Crippen molar-refractivity contribution >= 4 is 5.78 Å². The Morgan fingerprint density at radius 1 is 0.960 bits per heavy atom. The normalized spacial score (nSPS) is 10.1. The van der Waals surface area contributed by atoms with Gasteiger partial charge in [-0.15, -0.1) is 0 Å². The second-order valence-electron chi connectivity index (χ2n) is 5.44. The molecule has 0 unspecified atom stereocenters. The van der Waals surface area contributed by atoms with Crippen LogP contribution in [0.5, 0.6) is 5.75 Å². The van der Waals surface area contributed by atoms with Crippen molar-refractivity contribution in [3.05, 3.63) is 89.7 Å². The molecule has 0 N–H and O–H groups in total. The summed E-state index contributed by atoms with van der Waals surface area (Å²) in [5.41, 5.74) is 2.86. The molecule has 0 saturated carbocycles. The number of rotatable bonds is 5. The monoisotopic (exact) mass is 331 g/mol. The van der Waals surface area contributed by atoms with Gasteiger partial charge < -0.3 is 4.74 Å². The van der Waals surface area contributed by atoms with Gasteiger partial charge in [0, 0.05) is 5.56 Å². The van der Waals surface area contributed by atoms with Gasteiger partial charge >= 0.3 is 0 Å². The van der Waals surface area contributed by atoms with Crippen molar-refractivity contribution in [2.75, 3.05) is 6.61 Å². The van der Waals surface area contributed by atoms with Crippen LogP contribution < -0.4 is 4.74 Å². The lowest BCUT2D eigenvalue weighted by Gasteiger charge is -2.07. The van der Waals surface area contributed by atoms with E-state index < -0.39 is 5.82 Å². The average Bonchev–Trinajstić information content (AvgIpc) is 2.66. The zero-order valence-electron chi connectivity index (χ0n) is 13.3. The Morgan fingerprint density at radius 3 is 2.20 bits per heavy atom. The number of ether oxygens (including phenoxy) is 1. The van der Waals surface area contributed by atoms with Gasteiger partial charge in [-0.25, -0.2) is 4.39 Å². The molecule has 0 spiro atoms. The van der Waals surface area contributed by atoms with Crippen molar-refractivity contribution in [1.29, 1.82) is 5.26 Å². The van der Waals surface area contributed by atoms with Crippen LogP contribution in [0.4, 0.5) is 4.39 Å². The first kappa shape index (κ1) is 16.4. The minimum atomic E-state index is -0.447. The van der Waals surface area contributed by atoms with Crippen LogP contribution in [0.25, 0.3) is 11.1 Å². The minimum Gasteiger partial charge on any atom is -0.485 e. The molecule has 0 radical (unpaired) electrons. The lowest BCUT2D eigenvalue weighted by molar-refractivity contribution is 0.0921.